The number of benzene rings is 6. The van der Waals surface area contributed by atoms with Crippen LogP contribution in [0.2, 0.25) is 0 Å². The predicted octanol–water partition coefficient (Wildman–Crippen LogP) is 9.91. The third kappa shape index (κ3) is 2.99. The van der Waals surface area contributed by atoms with Crippen LogP contribution < -0.4 is 0 Å². The standard InChI is InChI=1S/C36H21N3S/c1-2-9-23-19-33-28(18-22(23)8-1)25-10-3-5-13-31(25)39(33)32-17-16-24(29-20-37-38-21-30(29)32)26-12-7-15-35-36(26)27-11-4-6-14-34(27)40-35/h1-21H. The molecule has 0 aliphatic carbocycles. The van der Waals surface area contributed by atoms with Crippen molar-refractivity contribution in [1.82, 2.24) is 14.8 Å². The minimum atomic E-state index is 1.08. The molecule has 0 aliphatic heterocycles. The lowest BCUT2D eigenvalue weighted by Crippen LogP contribution is -1.97. The van der Waals surface area contributed by atoms with Crippen LogP contribution >= 0.6 is 11.3 Å². The van der Waals surface area contributed by atoms with Crippen LogP contribution in [-0.4, -0.2) is 14.8 Å². The summed E-state index contributed by atoms with van der Waals surface area (Å²) >= 11 is 1.85. The molecule has 0 unspecified atom stereocenters. The summed E-state index contributed by atoms with van der Waals surface area (Å²) in [6.45, 7) is 0. The SMILES string of the molecule is c1ccc2cc3c(cc2c1)c1ccccc1n3-c1ccc(-c2cccc3sc4ccccc4c23)c2cnncc12. The van der Waals surface area contributed by atoms with Gasteiger partial charge in [0, 0.05) is 41.7 Å². The molecule has 9 aromatic rings. The van der Waals surface area contributed by atoms with E-state index in [4.69, 9.17) is 0 Å². The van der Waals surface area contributed by atoms with Crippen molar-refractivity contribution in [3.05, 3.63) is 128 Å². The second kappa shape index (κ2) is 8.22. The molecule has 0 amide bonds. The van der Waals surface area contributed by atoms with Crippen LogP contribution in [-0.2, 0) is 0 Å². The molecular formula is C36H21N3S. The summed E-state index contributed by atoms with van der Waals surface area (Å²) in [7, 11) is 0. The molecule has 6 aromatic carbocycles. The zero-order valence-electron chi connectivity index (χ0n) is 21.4. The molecule has 0 spiro atoms. The van der Waals surface area contributed by atoms with Gasteiger partial charge in [-0.1, -0.05) is 78.9 Å². The van der Waals surface area contributed by atoms with Gasteiger partial charge in [0.25, 0.3) is 0 Å². The van der Waals surface area contributed by atoms with Gasteiger partial charge in [-0.05, 0) is 58.3 Å². The molecule has 0 N–H and O–H groups in total. The molecule has 4 heteroatoms. The number of hydrogen-bond donors (Lipinski definition) is 0. The van der Waals surface area contributed by atoms with Crippen molar-refractivity contribution in [1.29, 1.82) is 0 Å². The second-order valence-electron chi connectivity index (χ2n) is 10.3. The molecule has 9 rings (SSSR count). The van der Waals surface area contributed by atoms with E-state index in [0.29, 0.717) is 0 Å². The number of fused-ring (bicyclic) bond motifs is 8. The van der Waals surface area contributed by atoms with Crippen LogP contribution in [0.1, 0.15) is 0 Å². The summed E-state index contributed by atoms with van der Waals surface area (Å²) in [6, 6.07) is 41.8. The summed E-state index contributed by atoms with van der Waals surface area (Å²) in [5.41, 5.74) is 5.89. The molecule has 0 fully saturated rings. The van der Waals surface area contributed by atoms with Crippen molar-refractivity contribution >= 4 is 74.9 Å². The van der Waals surface area contributed by atoms with Gasteiger partial charge in [-0.3, -0.25) is 0 Å². The minimum absolute atomic E-state index is 1.08. The molecule has 0 atom stereocenters. The molecular weight excluding hydrogens is 506 g/mol. The topological polar surface area (TPSA) is 30.7 Å². The van der Waals surface area contributed by atoms with Gasteiger partial charge in [-0.25, -0.2) is 0 Å². The minimum Gasteiger partial charge on any atom is -0.309 e. The molecule has 3 heterocycles. The first-order valence-electron chi connectivity index (χ1n) is 13.4. The van der Waals surface area contributed by atoms with Crippen molar-refractivity contribution in [3.63, 3.8) is 0 Å². The zero-order valence-corrected chi connectivity index (χ0v) is 22.2. The average molecular weight is 528 g/mol. The first kappa shape index (κ1) is 21.8. The van der Waals surface area contributed by atoms with Crippen LogP contribution in [0.25, 0.3) is 80.3 Å². The summed E-state index contributed by atoms with van der Waals surface area (Å²) in [6.07, 6.45) is 3.84. The van der Waals surface area contributed by atoms with Gasteiger partial charge >= 0.3 is 0 Å². The molecule has 0 saturated carbocycles. The molecule has 0 radical (unpaired) electrons. The summed E-state index contributed by atoms with van der Waals surface area (Å²) in [5, 5.41) is 18.5. The van der Waals surface area contributed by atoms with E-state index in [9.17, 15) is 0 Å². The Bertz CT molecular complexity index is 2450. The Labute approximate surface area is 233 Å². The van der Waals surface area contributed by atoms with Crippen molar-refractivity contribution in [2.45, 2.75) is 0 Å². The summed E-state index contributed by atoms with van der Waals surface area (Å²) < 4.78 is 5.00. The molecule has 0 aliphatic rings. The Hall–Kier alpha value is -5.06. The van der Waals surface area contributed by atoms with E-state index in [1.165, 1.54) is 63.9 Å². The molecule has 186 valence electrons. The lowest BCUT2D eigenvalue weighted by atomic mass is 9.95. The van der Waals surface area contributed by atoms with Crippen molar-refractivity contribution in [2.24, 2.45) is 0 Å². The van der Waals surface area contributed by atoms with Crippen molar-refractivity contribution in [3.8, 4) is 16.8 Å². The van der Waals surface area contributed by atoms with Crippen LogP contribution in [0.15, 0.2) is 128 Å². The van der Waals surface area contributed by atoms with Gasteiger partial charge in [-0.2, -0.15) is 10.2 Å². The van der Waals surface area contributed by atoms with E-state index < -0.39 is 0 Å². The Kier molecular flexibility index (Phi) is 4.48. The fraction of sp³-hybridized carbons (Fsp3) is 0. The van der Waals surface area contributed by atoms with Crippen LogP contribution in [0.5, 0.6) is 0 Å². The van der Waals surface area contributed by atoms with E-state index in [1.54, 1.807) is 0 Å². The Balaban J connectivity index is 1.39. The number of rotatable bonds is 2. The second-order valence-corrected chi connectivity index (χ2v) is 11.4. The maximum Gasteiger partial charge on any atom is 0.0596 e. The van der Waals surface area contributed by atoms with Crippen LogP contribution in [0.3, 0.4) is 0 Å². The maximum atomic E-state index is 4.37. The van der Waals surface area contributed by atoms with Crippen LogP contribution in [0, 0.1) is 0 Å². The average Bonchev–Trinajstić information content (AvgIpc) is 3.55. The van der Waals surface area contributed by atoms with E-state index in [2.05, 4.69) is 130 Å². The maximum absolute atomic E-state index is 4.37. The van der Waals surface area contributed by atoms with Gasteiger partial charge in [0.2, 0.25) is 0 Å². The highest BCUT2D eigenvalue weighted by atomic mass is 32.1. The monoisotopic (exact) mass is 527 g/mol. The third-order valence-electron chi connectivity index (χ3n) is 8.18. The number of thiophene rings is 1. The van der Waals surface area contributed by atoms with Gasteiger partial charge in [0.1, 0.15) is 0 Å². The van der Waals surface area contributed by atoms with Gasteiger partial charge in [0.15, 0.2) is 0 Å². The van der Waals surface area contributed by atoms with E-state index in [0.717, 1.165) is 16.5 Å². The normalized spacial score (nSPS) is 12.0. The van der Waals surface area contributed by atoms with Gasteiger partial charge in [0.05, 0.1) is 29.1 Å². The Morgan fingerprint density at radius 2 is 1.20 bits per heavy atom. The highest BCUT2D eigenvalue weighted by Gasteiger charge is 2.18. The highest BCUT2D eigenvalue weighted by Crippen LogP contribution is 2.43. The first-order chi connectivity index (χ1) is 19.8. The van der Waals surface area contributed by atoms with E-state index in [1.807, 2.05) is 23.7 Å². The molecule has 3 aromatic heterocycles. The van der Waals surface area contributed by atoms with E-state index in [-0.39, 0.29) is 0 Å². The summed E-state index contributed by atoms with van der Waals surface area (Å²) in [4.78, 5) is 0. The fourth-order valence-corrected chi connectivity index (χ4v) is 7.56. The van der Waals surface area contributed by atoms with Gasteiger partial charge in [-0.15, -0.1) is 11.3 Å². The summed E-state index contributed by atoms with van der Waals surface area (Å²) in [5.74, 6) is 0. The number of nitrogens with zero attached hydrogens (tertiary/aromatic N) is 3. The van der Waals surface area contributed by atoms with Crippen molar-refractivity contribution < 1.29 is 0 Å². The molecule has 0 saturated heterocycles. The first-order valence-corrected chi connectivity index (χ1v) is 14.2. The number of aromatic nitrogens is 3. The molecule has 0 bridgehead atoms. The lowest BCUT2D eigenvalue weighted by Gasteiger charge is -2.15. The van der Waals surface area contributed by atoms with E-state index >= 15 is 0 Å². The Morgan fingerprint density at radius 1 is 0.475 bits per heavy atom. The molecule has 3 nitrogen and oxygen atoms in total. The Morgan fingerprint density at radius 3 is 2.10 bits per heavy atom. The predicted molar refractivity (Wildman–Crippen MR) is 170 cm³/mol. The largest absolute Gasteiger partial charge is 0.309 e. The molecule has 40 heavy (non-hydrogen) atoms. The van der Waals surface area contributed by atoms with Crippen LogP contribution in [0.4, 0.5) is 0 Å². The van der Waals surface area contributed by atoms with Crippen molar-refractivity contribution in [2.75, 3.05) is 0 Å². The lowest BCUT2D eigenvalue weighted by molar-refractivity contribution is 1.05. The third-order valence-corrected chi connectivity index (χ3v) is 9.31. The fourth-order valence-electron chi connectivity index (χ4n) is 6.43. The quantitative estimate of drug-likeness (QED) is 0.224. The number of hydrogen-bond acceptors (Lipinski definition) is 3. The van der Waals surface area contributed by atoms with Gasteiger partial charge < -0.3 is 4.57 Å². The highest BCUT2D eigenvalue weighted by molar-refractivity contribution is 7.25. The zero-order chi connectivity index (χ0) is 26.2. The smallest absolute Gasteiger partial charge is 0.0596 e. The number of para-hydroxylation sites is 1.